The first-order chi connectivity index (χ1) is 6.52. The lowest BCUT2D eigenvalue weighted by atomic mass is 10.2. The molecule has 0 fully saturated rings. The molecule has 78 valence electrons. The van der Waals surface area contributed by atoms with Crippen molar-refractivity contribution in [2.75, 3.05) is 0 Å². The largest absolute Gasteiger partial charge is 0.393 e. The fourth-order valence-electron chi connectivity index (χ4n) is 1.31. The molecule has 0 aliphatic carbocycles. The number of Topliss-reactive ketones (excluding diaryl/α,β-unsaturated/α-hetero) is 1. The van der Waals surface area contributed by atoms with E-state index in [1.165, 1.54) is 0 Å². The smallest absolute Gasteiger partial charge is 0.200 e. The van der Waals surface area contributed by atoms with Crippen molar-refractivity contribution < 1.29 is 9.90 Å². The number of hydrogen-bond donors (Lipinski definition) is 1. The second-order valence-corrected chi connectivity index (χ2v) is 3.73. The van der Waals surface area contributed by atoms with Crippen LogP contribution < -0.4 is 0 Å². The molecule has 0 aromatic carbocycles. The van der Waals surface area contributed by atoms with Gasteiger partial charge in [-0.05, 0) is 20.8 Å². The highest BCUT2D eigenvalue weighted by molar-refractivity contribution is 5.93. The lowest BCUT2D eigenvalue weighted by Gasteiger charge is -2.10. The van der Waals surface area contributed by atoms with E-state index in [1.54, 1.807) is 19.3 Å². The van der Waals surface area contributed by atoms with E-state index in [9.17, 15) is 4.79 Å². The molecule has 0 saturated heterocycles. The van der Waals surface area contributed by atoms with Crippen molar-refractivity contribution in [2.45, 2.75) is 39.3 Å². The van der Waals surface area contributed by atoms with Gasteiger partial charge in [0.1, 0.15) is 0 Å². The molecular formula is C10H16N2O2. The fraction of sp³-hybridized carbons (Fsp3) is 0.600. The van der Waals surface area contributed by atoms with E-state index in [2.05, 4.69) is 4.98 Å². The topological polar surface area (TPSA) is 55.1 Å². The number of rotatable bonds is 4. The van der Waals surface area contributed by atoms with Gasteiger partial charge < -0.3 is 9.67 Å². The Morgan fingerprint density at radius 1 is 1.57 bits per heavy atom. The molecule has 1 N–H and O–H groups in total. The van der Waals surface area contributed by atoms with Crippen molar-refractivity contribution in [1.29, 1.82) is 0 Å². The zero-order chi connectivity index (χ0) is 10.7. The van der Waals surface area contributed by atoms with E-state index < -0.39 is 6.10 Å². The van der Waals surface area contributed by atoms with Crippen molar-refractivity contribution in [1.82, 2.24) is 9.55 Å². The molecule has 1 atom stereocenters. The predicted molar refractivity (Wildman–Crippen MR) is 53.2 cm³/mol. The molecule has 1 heterocycles. The number of ketones is 1. The zero-order valence-electron chi connectivity index (χ0n) is 8.77. The minimum atomic E-state index is -0.611. The summed E-state index contributed by atoms with van der Waals surface area (Å²) < 4.78 is 1.81. The third kappa shape index (κ3) is 2.42. The van der Waals surface area contributed by atoms with Crippen LogP contribution in [0.3, 0.4) is 0 Å². The van der Waals surface area contributed by atoms with Gasteiger partial charge in [0, 0.05) is 24.9 Å². The van der Waals surface area contributed by atoms with Gasteiger partial charge in [-0.1, -0.05) is 0 Å². The lowest BCUT2D eigenvalue weighted by Crippen LogP contribution is -2.16. The SMILES string of the molecule is CC(O)CC(=O)c1nccn1C(C)C. The molecule has 0 radical (unpaired) electrons. The maximum absolute atomic E-state index is 11.6. The van der Waals surface area contributed by atoms with E-state index in [4.69, 9.17) is 5.11 Å². The van der Waals surface area contributed by atoms with Crippen molar-refractivity contribution >= 4 is 5.78 Å². The summed E-state index contributed by atoms with van der Waals surface area (Å²) >= 11 is 0. The standard InChI is InChI=1S/C10H16N2O2/c1-7(2)12-5-4-11-10(12)9(14)6-8(3)13/h4-5,7-8,13H,6H2,1-3H3. The molecule has 14 heavy (non-hydrogen) atoms. The van der Waals surface area contributed by atoms with Crippen LogP contribution in [0.1, 0.15) is 43.9 Å². The van der Waals surface area contributed by atoms with Gasteiger partial charge in [0.05, 0.1) is 6.10 Å². The summed E-state index contributed by atoms with van der Waals surface area (Å²) in [5, 5.41) is 9.09. The Hall–Kier alpha value is -1.16. The quantitative estimate of drug-likeness (QED) is 0.741. The van der Waals surface area contributed by atoms with Gasteiger partial charge >= 0.3 is 0 Å². The van der Waals surface area contributed by atoms with Crippen LogP contribution in [0.5, 0.6) is 0 Å². The van der Waals surface area contributed by atoms with E-state index in [-0.39, 0.29) is 18.2 Å². The van der Waals surface area contributed by atoms with Crippen LogP contribution in [0.15, 0.2) is 12.4 Å². The highest BCUT2D eigenvalue weighted by atomic mass is 16.3. The first kappa shape index (κ1) is 10.9. The summed E-state index contributed by atoms with van der Waals surface area (Å²) in [6.07, 6.45) is 2.90. The molecule has 0 amide bonds. The Labute approximate surface area is 83.6 Å². The number of imidazole rings is 1. The van der Waals surface area contributed by atoms with Crippen molar-refractivity contribution in [2.24, 2.45) is 0 Å². The van der Waals surface area contributed by atoms with Crippen LogP contribution in [-0.2, 0) is 0 Å². The van der Waals surface area contributed by atoms with Gasteiger partial charge in [-0.2, -0.15) is 0 Å². The molecule has 1 unspecified atom stereocenters. The minimum Gasteiger partial charge on any atom is -0.393 e. The van der Waals surface area contributed by atoms with E-state index in [0.717, 1.165) is 0 Å². The monoisotopic (exact) mass is 196 g/mol. The number of aromatic nitrogens is 2. The van der Waals surface area contributed by atoms with Gasteiger partial charge in [0.15, 0.2) is 5.82 Å². The molecule has 1 rings (SSSR count). The van der Waals surface area contributed by atoms with Crippen LogP contribution in [0.4, 0.5) is 0 Å². The lowest BCUT2D eigenvalue weighted by molar-refractivity contribution is 0.0885. The summed E-state index contributed by atoms with van der Waals surface area (Å²) in [6.45, 7) is 5.57. The number of aliphatic hydroxyl groups excluding tert-OH is 1. The van der Waals surface area contributed by atoms with Gasteiger partial charge in [-0.25, -0.2) is 4.98 Å². The molecule has 4 nitrogen and oxygen atoms in total. The zero-order valence-corrected chi connectivity index (χ0v) is 8.77. The van der Waals surface area contributed by atoms with E-state index in [0.29, 0.717) is 5.82 Å². The molecular weight excluding hydrogens is 180 g/mol. The van der Waals surface area contributed by atoms with E-state index in [1.807, 2.05) is 18.4 Å². The summed E-state index contributed by atoms with van der Waals surface area (Å²) in [7, 11) is 0. The number of hydrogen-bond acceptors (Lipinski definition) is 3. The molecule has 4 heteroatoms. The number of carbonyl (C=O) groups excluding carboxylic acids is 1. The highest BCUT2D eigenvalue weighted by Gasteiger charge is 2.15. The van der Waals surface area contributed by atoms with E-state index >= 15 is 0 Å². The second kappa shape index (κ2) is 4.37. The summed E-state index contributed by atoms with van der Waals surface area (Å²) in [5.41, 5.74) is 0. The Kier molecular flexibility index (Phi) is 3.41. The van der Waals surface area contributed by atoms with Crippen LogP contribution in [0, 0.1) is 0 Å². The maximum Gasteiger partial charge on any atom is 0.200 e. The molecule has 1 aromatic rings. The maximum atomic E-state index is 11.6. The van der Waals surface area contributed by atoms with Gasteiger partial charge in [0.2, 0.25) is 5.78 Å². The highest BCUT2D eigenvalue weighted by Crippen LogP contribution is 2.10. The molecule has 0 aliphatic rings. The first-order valence-corrected chi connectivity index (χ1v) is 4.76. The van der Waals surface area contributed by atoms with Crippen LogP contribution in [0.25, 0.3) is 0 Å². The Balaban J connectivity index is 2.84. The van der Waals surface area contributed by atoms with Crippen LogP contribution >= 0.6 is 0 Å². The van der Waals surface area contributed by atoms with Gasteiger partial charge in [-0.3, -0.25) is 4.79 Å². The Morgan fingerprint density at radius 3 is 2.71 bits per heavy atom. The number of aliphatic hydroxyl groups is 1. The molecule has 0 aliphatic heterocycles. The van der Waals surface area contributed by atoms with Crippen molar-refractivity contribution in [3.05, 3.63) is 18.2 Å². The molecule has 1 aromatic heterocycles. The summed E-state index contributed by atoms with van der Waals surface area (Å²) in [4.78, 5) is 15.6. The van der Waals surface area contributed by atoms with Crippen molar-refractivity contribution in [3.8, 4) is 0 Å². The third-order valence-corrected chi connectivity index (χ3v) is 1.96. The Bertz CT molecular complexity index is 316. The van der Waals surface area contributed by atoms with Gasteiger partial charge in [0.25, 0.3) is 0 Å². The number of carbonyl (C=O) groups is 1. The van der Waals surface area contributed by atoms with Gasteiger partial charge in [-0.15, -0.1) is 0 Å². The minimum absolute atomic E-state index is 0.112. The van der Waals surface area contributed by atoms with Crippen LogP contribution in [0.2, 0.25) is 0 Å². The average Bonchev–Trinajstić information content (AvgIpc) is 2.49. The summed E-state index contributed by atoms with van der Waals surface area (Å²) in [6, 6.07) is 0.213. The third-order valence-electron chi connectivity index (χ3n) is 1.96. The van der Waals surface area contributed by atoms with Crippen molar-refractivity contribution in [3.63, 3.8) is 0 Å². The van der Waals surface area contributed by atoms with Crippen LogP contribution in [-0.4, -0.2) is 26.5 Å². The normalized spacial score (nSPS) is 13.2. The summed E-state index contributed by atoms with van der Waals surface area (Å²) in [5.74, 6) is 0.319. The molecule has 0 bridgehead atoms. The second-order valence-electron chi connectivity index (χ2n) is 3.73. The number of nitrogens with zero attached hydrogens (tertiary/aromatic N) is 2. The molecule has 0 spiro atoms. The average molecular weight is 196 g/mol. The molecule has 0 saturated carbocycles. The fourth-order valence-corrected chi connectivity index (χ4v) is 1.31. The predicted octanol–water partition coefficient (Wildman–Crippen LogP) is 1.42. The first-order valence-electron chi connectivity index (χ1n) is 4.76. The Morgan fingerprint density at radius 2 is 2.21 bits per heavy atom.